The number of alkyl halides is 3. The number of fused-ring (bicyclic) bond motifs is 6. The normalized spacial score (nSPS) is 20.0. The van der Waals surface area contributed by atoms with Crippen molar-refractivity contribution in [1.82, 2.24) is 19.3 Å². The van der Waals surface area contributed by atoms with Gasteiger partial charge in [0.25, 0.3) is 5.91 Å². The molecule has 2 aliphatic rings. The Kier molecular flexibility index (Phi) is 4.11. The van der Waals surface area contributed by atoms with Crippen LogP contribution in [0.2, 0.25) is 0 Å². The molecule has 0 aliphatic carbocycles. The van der Waals surface area contributed by atoms with E-state index < -0.39 is 17.8 Å². The van der Waals surface area contributed by atoms with E-state index in [4.69, 9.17) is 10.5 Å². The smallest absolute Gasteiger partial charge is 0.416 e. The molecule has 10 heteroatoms. The third-order valence-electron chi connectivity index (χ3n) is 6.40. The van der Waals surface area contributed by atoms with Crippen molar-refractivity contribution in [2.45, 2.75) is 31.2 Å². The maximum atomic E-state index is 13.6. The lowest BCUT2D eigenvalue weighted by atomic mass is 9.93. The van der Waals surface area contributed by atoms with Crippen molar-refractivity contribution in [3.05, 3.63) is 65.6 Å². The van der Waals surface area contributed by atoms with Gasteiger partial charge in [0.2, 0.25) is 0 Å². The minimum Gasteiger partial charge on any atom is -0.488 e. The summed E-state index contributed by atoms with van der Waals surface area (Å²) in [6.07, 6.45) is -0.245. The summed E-state index contributed by atoms with van der Waals surface area (Å²) in [5.74, 6) is 0.321. The van der Waals surface area contributed by atoms with Gasteiger partial charge in [-0.2, -0.15) is 13.2 Å². The summed E-state index contributed by atoms with van der Waals surface area (Å²) >= 11 is 0. The molecule has 1 unspecified atom stereocenters. The number of aromatic nitrogens is 3. The van der Waals surface area contributed by atoms with Crippen molar-refractivity contribution in [2.75, 3.05) is 12.3 Å². The number of nitrogen functional groups attached to an aromatic ring is 1. The van der Waals surface area contributed by atoms with Gasteiger partial charge in [0, 0.05) is 17.7 Å². The van der Waals surface area contributed by atoms with Gasteiger partial charge in [-0.3, -0.25) is 9.20 Å². The molecule has 2 aromatic carbocycles. The maximum absolute atomic E-state index is 13.6. The van der Waals surface area contributed by atoms with Gasteiger partial charge in [0.1, 0.15) is 23.2 Å². The summed E-state index contributed by atoms with van der Waals surface area (Å²) in [5, 5.41) is 0. The highest BCUT2D eigenvalue weighted by Gasteiger charge is 2.44. The first-order valence-corrected chi connectivity index (χ1v) is 10.5. The molecule has 0 saturated carbocycles. The molecular formula is C23H18F3N5O2. The monoisotopic (exact) mass is 453 g/mol. The number of nitrogens with two attached hydrogens (primary N) is 1. The predicted molar refractivity (Wildman–Crippen MR) is 114 cm³/mol. The largest absolute Gasteiger partial charge is 0.488 e. The predicted octanol–water partition coefficient (Wildman–Crippen LogP) is 4.22. The van der Waals surface area contributed by atoms with Crippen LogP contribution < -0.4 is 10.5 Å². The van der Waals surface area contributed by atoms with Gasteiger partial charge in [0.05, 0.1) is 35.2 Å². The Labute approximate surface area is 185 Å². The Morgan fingerprint density at radius 2 is 2.00 bits per heavy atom. The third-order valence-corrected chi connectivity index (χ3v) is 6.40. The van der Waals surface area contributed by atoms with Gasteiger partial charge in [-0.25, -0.2) is 9.97 Å². The highest BCUT2D eigenvalue weighted by Crippen LogP contribution is 2.46. The summed E-state index contributed by atoms with van der Waals surface area (Å²) in [4.78, 5) is 23.8. The van der Waals surface area contributed by atoms with Gasteiger partial charge in [-0.15, -0.1) is 0 Å². The number of carbonyl (C=O) groups excluding carboxylic acids is 1. The molecule has 1 amide bonds. The van der Waals surface area contributed by atoms with Crippen LogP contribution in [0.25, 0.3) is 16.6 Å². The van der Waals surface area contributed by atoms with Crippen molar-refractivity contribution in [2.24, 2.45) is 0 Å². The molecule has 4 aromatic rings. The summed E-state index contributed by atoms with van der Waals surface area (Å²) < 4.78 is 47.1. The number of carbonyl (C=O) groups is 1. The molecule has 1 saturated heterocycles. The van der Waals surface area contributed by atoms with E-state index in [2.05, 4.69) is 9.97 Å². The number of rotatable bonds is 1. The molecular weight excluding hydrogens is 435 g/mol. The van der Waals surface area contributed by atoms with E-state index in [-0.39, 0.29) is 17.8 Å². The molecule has 168 valence electrons. The second kappa shape index (κ2) is 6.84. The van der Waals surface area contributed by atoms with Crippen LogP contribution in [-0.4, -0.2) is 37.8 Å². The summed E-state index contributed by atoms with van der Waals surface area (Å²) in [7, 11) is 0. The summed E-state index contributed by atoms with van der Waals surface area (Å²) in [6, 6.07) is 8.23. The average molecular weight is 453 g/mol. The van der Waals surface area contributed by atoms with Crippen molar-refractivity contribution < 1.29 is 22.7 Å². The van der Waals surface area contributed by atoms with Gasteiger partial charge in [0.15, 0.2) is 0 Å². The first kappa shape index (κ1) is 19.8. The van der Waals surface area contributed by atoms with E-state index >= 15 is 0 Å². The van der Waals surface area contributed by atoms with Gasteiger partial charge in [-0.1, -0.05) is 6.07 Å². The maximum Gasteiger partial charge on any atom is 0.416 e. The third kappa shape index (κ3) is 3.00. The highest BCUT2D eigenvalue weighted by molar-refractivity contribution is 5.98. The van der Waals surface area contributed by atoms with E-state index in [1.807, 2.05) is 0 Å². The standard InChI is InChI=1S/C23H18F3N5O2/c24-23(25,26)13-4-5-14-19(9-13)33-18-2-1-7-30(20(14)18)22(32)12-3-6-15-16(8-12)31-11-28-10-17(31)21(27)29-15/h3-6,8-11,18,20H,1-2,7H2,(H2,27,29)/t18?,20-/m0/s1. The molecule has 7 nitrogen and oxygen atoms in total. The van der Waals surface area contributed by atoms with Gasteiger partial charge in [-0.05, 0) is 43.2 Å². The fraction of sp³-hybridized carbons (Fsp3) is 0.261. The average Bonchev–Trinajstić information content (AvgIpc) is 3.43. The number of halogens is 3. The number of hydrogen-bond acceptors (Lipinski definition) is 5. The van der Waals surface area contributed by atoms with Crippen LogP contribution in [0.4, 0.5) is 19.0 Å². The van der Waals surface area contributed by atoms with Crippen LogP contribution in [-0.2, 0) is 6.18 Å². The number of imidazole rings is 1. The molecule has 1 fully saturated rings. The van der Waals surface area contributed by atoms with Gasteiger partial charge < -0.3 is 15.4 Å². The fourth-order valence-corrected chi connectivity index (χ4v) is 4.87. The van der Waals surface area contributed by atoms with Crippen molar-refractivity contribution in [3.8, 4) is 5.75 Å². The molecule has 2 N–H and O–H groups in total. The van der Waals surface area contributed by atoms with Crippen LogP contribution in [0.3, 0.4) is 0 Å². The number of piperidine rings is 1. The fourth-order valence-electron chi connectivity index (χ4n) is 4.87. The molecule has 2 atom stereocenters. The minimum absolute atomic E-state index is 0.192. The number of ether oxygens (including phenoxy) is 1. The SMILES string of the molecule is Nc1nc2ccc(C(=O)N3CCCC4Oc5cc(C(F)(F)F)ccc5[C@@H]43)cc2n2cncc12. The Hall–Kier alpha value is -3.82. The van der Waals surface area contributed by atoms with E-state index in [1.54, 1.807) is 40.0 Å². The lowest BCUT2D eigenvalue weighted by molar-refractivity contribution is -0.137. The Morgan fingerprint density at radius 3 is 2.82 bits per heavy atom. The second-order valence-corrected chi connectivity index (χ2v) is 8.34. The zero-order valence-electron chi connectivity index (χ0n) is 17.2. The number of nitrogens with zero attached hydrogens (tertiary/aromatic N) is 4. The number of anilines is 1. The number of hydrogen-bond donors (Lipinski definition) is 1. The lowest BCUT2D eigenvalue weighted by Gasteiger charge is -2.36. The molecule has 2 aromatic heterocycles. The van der Waals surface area contributed by atoms with Crippen LogP contribution in [0.15, 0.2) is 48.9 Å². The number of amides is 1. The minimum atomic E-state index is -4.46. The molecule has 0 radical (unpaired) electrons. The van der Waals surface area contributed by atoms with E-state index in [1.165, 1.54) is 6.07 Å². The molecule has 0 bridgehead atoms. The number of benzene rings is 2. The summed E-state index contributed by atoms with van der Waals surface area (Å²) in [5.41, 5.74) is 8.24. The van der Waals surface area contributed by atoms with Crippen LogP contribution in [0.5, 0.6) is 5.75 Å². The van der Waals surface area contributed by atoms with Crippen molar-refractivity contribution in [3.63, 3.8) is 0 Å². The van der Waals surface area contributed by atoms with Crippen LogP contribution in [0.1, 0.15) is 40.4 Å². The zero-order valence-corrected chi connectivity index (χ0v) is 17.2. The topological polar surface area (TPSA) is 85.8 Å². The number of likely N-dealkylation sites (tertiary alicyclic amines) is 1. The molecule has 33 heavy (non-hydrogen) atoms. The first-order chi connectivity index (χ1) is 15.8. The van der Waals surface area contributed by atoms with E-state index in [0.717, 1.165) is 12.1 Å². The van der Waals surface area contributed by atoms with Crippen molar-refractivity contribution >= 4 is 28.3 Å². The quantitative estimate of drug-likeness (QED) is 0.466. The highest BCUT2D eigenvalue weighted by atomic mass is 19.4. The Morgan fingerprint density at radius 1 is 1.15 bits per heavy atom. The van der Waals surface area contributed by atoms with Crippen molar-refractivity contribution in [1.29, 1.82) is 0 Å². The molecule has 6 rings (SSSR count). The van der Waals surface area contributed by atoms with Crippen LogP contribution >= 0.6 is 0 Å². The molecule has 0 spiro atoms. The first-order valence-electron chi connectivity index (χ1n) is 10.5. The van der Waals surface area contributed by atoms with E-state index in [0.29, 0.717) is 52.9 Å². The Bertz CT molecular complexity index is 1430. The van der Waals surface area contributed by atoms with Gasteiger partial charge >= 0.3 is 6.18 Å². The second-order valence-electron chi connectivity index (χ2n) is 8.34. The van der Waals surface area contributed by atoms with Crippen LogP contribution in [0, 0.1) is 0 Å². The zero-order chi connectivity index (χ0) is 22.9. The molecule has 4 heterocycles. The summed E-state index contributed by atoms with van der Waals surface area (Å²) in [6.45, 7) is 0.488. The van der Waals surface area contributed by atoms with E-state index in [9.17, 15) is 18.0 Å². The molecule has 2 aliphatic heterocycles. The lowest BCUT2D eigenvalue weighted by Crippen LogP contribution is -2.44. The Balaban J connectivity index is 1.40.